The van der Waals surface area contributed by atoms with Gasteiger partial charge in [-0.05, 0) is 62.3 Å². The van der Waals surface area contributed by atoms with E-state index in [9.17, 15) is 5.26 Å². The molecule has 0 aromatic heterocycles. The Bertz CT molecular complexity index is 408. The van der Waals surface area contributed by atoms with Crippen molar-refractivity contribution in [2.45, 2.75) is 77.9 Å². The predicted molar refractivity (Wildman–Crippen MR) is 85.9 cm³/mol. The summed E-state index contributed by atoms with van der Waals surface area (Å²) in [6.07, 6.45) is 6.99. The van der Waals surface area contributed by atoms with Crippen molar-refractivity contribution in [1.29, 1.82) is 5.26 Å². The number of nitrogens with one attached hydrogen (secondary N) is 1. The quantitative estimate of drug-likeness (QED) is 0.724. The van der Waals surface area contributed by atoms with E-state index in [4.69, 9.17) is 4.74 Å². The summed E-state index contributed by atoms with van der Waals surface area (Å²) in [6.45, 7) is 10.1. The number of ether oxygens (including phenoxy) is 1. The molecular formula is C18H32N2O. The molecule has 21 heavy (non-hydrogen) atoms. The molecule has 4 unspecified atom stereocenters. The summed E-state index contributed by atoms with van der Waals surface area (Å²) in [4.78, 5) is 0. The van der Waals surface area contributed by atoms with E-state index < -0.39 is 0 Å². The van der Waals surface area contributed by atoms with Gasteiger partial charge < -0.3 is 10.1 Å². The average molecular weight is 292 g/mol. The number of nitrogens with zero attached hydrogens (tertiary/aromatic N) is 1. The minimum atomic E-state index is -0.374. The van der Waals surface area contributed by atoms with E-state index in [1.54, 1.807) is 0 Å². The molecule has 2 rings (SSSR count). The van der Waals surface area contributed by atoms with Gasteiger partial charge in [-0.15, -0.1) is 0 Å². The monoisotopic (exact) mass is 292 g/mol. The molecule has 0 spiro atoms. The molecule has 0 heterocycles. The lowest BCUT2D eigenvalue weighted by atomic mass is 9.70. The molecule has 0 saturated heterocycles. The van der Waals surface area contributed by atoms with Gasteiger partial charge in [0.2, 0.25) is 0 Å². The first-order valence-electron chi connectivity index (χ1n) is 8.57. The first-order chi connectivity index (χ1) is 9.85. The first-order valence-corrected chi connectivity index (χ1v) is 8.57. The molecule has 0 aromatic rings. The van der Waals surface area contributed by atoms with Crippen molar-refractivity contribution in [1.82, 2.24) is 5.32 Å². The largest absolute Gasteiger partial charge is 0.378 e. The minimum absolute atomic E-state index is 0.345. The Hall–Kier alpha value is -0.590. The Balaban J connectivity index is 1.82. The molecule has 2 saturated carbocycles. The zero-order valence-corrected chi connectivity index (χ0v) is 14.5. The third-order valence-corrected chi connectivity index (χ3v) is 7.08. The maximum atomic E-state index is 9.33. The number of hydrogen-bond acceptors (Lipinski definition) is 3. The zero-order valence-electron chi connectivity index (χ0n) is 14.5. The Labute approximate surface area is 130 Å². The van der Waals surface area contributed by atoms with Crippen molar-refractivity contribution in [3.05, 3.63) is 0 Å². The number of fused-ring (bicyclic) bond motifs is 2. The van der Waals surface area contributed by atoms with E-state index in [1.165, 1.54) is 19.3 Å². The third kappa shape index (κ3) is 2.62. The van der Waals surface area contributed by atoms with E-state index in [0.29, 0.717) is 16.9 Å². The van der Waals surface area contributed by atoms with Crippen LogP contribution in [0.1, 0.15) is 66.2 Å². The topological polar surface area (TPSA) is 45.0 Å². The highest BCUT2D eigenvalue weighted by Crippen LogP contribution is 2.66. The molecule has 0 amide bonds. The van der Waals surface area contributed by atoms with Gasteiger partial charge in [0.05, 0.1) is 12.2 Å². The van der Waals surface area contributed by atoms with Crippen molar-refractivity contribution in [2.24, 2.45) is 16.7 Å². The molecule has 2 bridgehead atoms. The summed E-state index contributed by atoms with van der Waals surface area (Å²) >= 11 is 0. The van der Waals surface area contributed by atoms with Gasteiger partial charge in [0.15, 0.2) is 0 Å². The predicted octanol–water partition coefficient (Wildman–Crippen LogP) is 3.89. The van der Waals surface area contributed by atoms with E-state index >= 15 is 0 Å². The van der Waals surface area contributed by atoms with Gasteiger partial charge in [-0.25, -0.2) is 0 Å². The summed E-state index contributed by atoms with van der Waals surface area (Å²) < 4.78 is 6.27. The van der Waals surface area contributed by atoms with Gasteiger partial charge in [0.1, 0.15) is 5.54 Å². The van der Waals surface area contributed by atoms with Crippen LogP contribution in [0.15, 0.2) is 0 Å². The number of rotatable bonds is 7. The normalized spacial score (nSPS) is 36.4. The van der Waals surface area contributed by atoms with Crippen LogP contribution in [0.25, 0.3) is 0 Å². The molecular weight excluding hydrogens is 260 g/mol. The van der Waals surface area contributed by atoms with Crippen LogP contribution in [0, 0.1) is 28.1 Å². The maximum Gasteiger partial charge on any atom is 0.106 e. The van der Waals surface area contributed by atoms with Crippen molar-refractivity contribution in [3.8, 4) is 6.07 Å². The minimum Gasteiger partial charge on any atom is -0.378 e. The molecule has 4 atom stereocenters. The van der Waals surface area contributed by atoms with Crippen molar-refractivity contribution in [3.63, 3.8) is 0 Å². The summed E-state index contributed by atoms with van der Waals surface area (Å²) in [5.41, 5.74) is 0.390. The van der Waals surface area contributed by atoms with Gasteiger partial charge in [-0.1, -0.05) is 27.7 Å². The standard InChI is InChI=1S/C18H32N2O/c1-6-18(13-19,20-5)9-7-11-21-15-12-14-8-10-17(15,4)16(14,2)3/h14-15,20H,6-12H2,1-5H3. The lowest BCUT2D eigenvalue weighted by Crippen LogP contribution is -2.41. The molecule has 2 fully saturated rings. The fourth-order valence-corrected chi connectivity index (χ4v) is 4.65. The van der Waals surface area contributed by atoms with Gasteiger partial charge in [-0.2, -0.15) is 5.26 Å². The second-order valence-electron chi connectivity index (χ2n) is 7.87. The second kappa shape index (κ2) is 5.89. The third-order valence-electron chi connectivity index (χ3n) is 7.08. The first kappa shape index (κ1) is 16.8. The Morgan fingerprint density at radius 2 is 2.10 bits per heavy atom. The molecule has 0 radical (unpaired) electrons. The van der Waals surface area contributed by atoms with Crippen LogP contribution in [0.5, 0.6) is 0 Å². The average Bonchev–Trinajstić information content (AvgIpc) is 2.81. The number of hydrogen-bond donors (Lipinski definition) is 1. The van der Waals surface area contributed by atoms with Crippen LogP contribution >= 0.6 is 0 Å². The van der Waals surface area contributed by atoms with E-state index in [-0.39, 0.29) is 5.54 Å². The van der Waals surface area contributed by atoms with Gasteiger partial charge in [0.25, 0.3) is 0 Å². The Morgan fingerprint density at radius 1 is 1.38 bits per heavy atom. The SMILES string of the molecule is CCC(C#N)(CCCOC1CC2CCC1(C)C2(C)C)NC. The van der Waals surface area contributed by atoms with Gasteiger partial charge in [0, 0.05) is 6.61 Å². The Kier molecular flexibility index (Phi) is 4.71. The molecule has 120 valence electrons. The van der Waals surface area contributed by atoms with Crippen LogP contribution in [0.4, 0.5) is 0 Å². The lowest BCUT2D eigenvalue weighted by molar-refractivity contribution is -0.0483. The van der Waals surface area contributed by atoms with Crippen LogP contribution in [0.2, 0.25) is 0 Å². The summed E-state index contributed by atoms with van der Waals surface area (Å²) in [5, 5.41) is 12.5. The molecule has 1 N–H and O–H groups in total. The van der Waals surface area contributed by atoms with Crippen LogP contribution < -0.4 is 5.32 Å². The van der Waals surface area contributed by atoms with Crippen molar-refractivity contribution in [2.75, 3.05) is 13.7 Å². The van der Waals surface area contributed by atoms with Crippen molar-refractivity contribution < 1.29 is 4.74 Å². The Morgan fingerprint density at radius 3 is 2.52 bits per heavy atom. The van der Waals surface area contributed by atoms with Crippen LogP contribution in [0.3, 0.4) is 0 Å². The van der Waals surface area contributed by atoms with E-state index in [2.05, 4.69) is 39.1 Å². The van der Waals surface area contributed by atoms with Crippen molar-refractivity contribution >= 4 is 0 Å². The molecule has 2 aliphatic rings. The second-order valence-corrected chi connectivity index (χ2v) is 7.87. The maximum absolute atomic E-state index is 9.33. The summed E-state index contributed by atoms with van der Waals surface area (Å²) in [5.74, 6) is 0.832. The molecule has 3 heteroatoms. The number of nitriles is 1. The van der Waals surface area contributed by atoms with Gasteiger partial charge in [-0.3, -0.25) is 0 Å². The molecule has 2 aliphatic carbocycles. The van der Waals surface area contributed by atoms with Crippen LogP contribution in [-0.4, -0.2) is 25.3 Å². The van der Waals surface area contributed by atoms with Crippen LogP contribution in [-0.2, 0) is 4.74 Å². The van der Waals surface area contributed by atoms with E-state index in [0.717, 1.165) is 31.8 Å². The summed E-state index contributed by atoms with van der Waals surface area (Å²) in [7, 11) is 1.88. The molecule has 3 nitrogen and oxygen atoms in total. The highest BCUT2D eigenvalue weighted by atomic mass is 16.5. The van der Waals surface area contributed by atoms with E-state index in [1.807, 2.05) is 7.05 Å². The fourth-order valence-electron chi connectivity index (χ4n) is 4.65. The fraction of sp³-hybridized carbons (Fsp3) is 0.944. The smallest absolute Gasteiger partial charge is 0.106 e. The lowest BCUT2D eigenvalue weighted by Gasteiger charge is -2.39. The molecule has 0 aromatic carbocycles. The van der Waals surface area contributed by atoms with Gasteiger partial charge >= 0.3 is 0 Å². The zero-order chi connectivity index (χ0) is 15.7. The molecule has 0 aliphatic heterocycles. The highest BCUT2D eigenvalue weighted by molar-refractivity contribution is 5.11. The summed E-state index contributed by atoms with van der Waals surface area (Å²) in [6, 6.07) is 2.42. The highest BCUT2D eigenvalue weighted by Gasteiger charge is 2.61.